The van der Waals surface area contributed by atoms with Crippen LogP contribution in [0.2, 0.25) is 0 Å². The van der Waals surface area contributed by atoms with E-state index in [-0.39, 0.29) is 6.61 Å². The van der Waals surface area contributed by atoms with Crippen molar-refractivity contribution in [2.75, 3.05) is 0 Å². The SMILES string of the molecule is CCC(CC)c1nn2c(CO)c(-c3cccs3)nc2s1. The van der Waals surface area contributed by atoms with Crippen LogP contribution in [0.1, 0.15) is 43.3 Å². The van der Waals surface area contributed by atoms with Gasteiger partial charge in [-0.05, 0) is 24.3 Å². The van der Waals surface area contributed by atoms with Gasteiger partial charge < -0.3 is 5.11 Å². The summed E-state index contributed by atoms with van der Waals surface area (Å²) < 4.78 is 1.81. The molecule has 0 aliphatic heterocycles. The lowest BCUT2D eigenvalue weighted by atomic mass is 10.1. The number of aliphatic hydroxyl groups is 1. The molecule has 3 heterocycles. The van der Waals surface area contributed by atoms with Crippen LogP contribution in [-0.4, -0.2) is 19.7 Å². The highest BCUT2D eigenvalue weighted by Gasteiger charge is 2.20. The molecule has 0 spiro atoms. The van der Waals surface area contributed by atoms with Gasteiger partial charge in [-0.2, -0.15) is 5.10 Å². The standard InChI is InChI=1S/C14H17N3OS2/c1-3-9(4-2)13-16-17-10(8-18)12(15-14(17)20-13)11-6-5-7-19-11/h5-7,9,18H,3-4,8H2,1-2H3. The molecule has 0 atom stereocenters. The van der Waals surface area contributed by atoms with E-state index in [0.717, 1.165) is 39.1 Å². The Labute approximate surface area is 125 Å². The van der Waals surface area contributed by atoms with Gasteiger partial charge in [0.05, 0.1) is 17.2 Å². The molecular formula is C14H17N3OS2. The van der Waals surface area contributed by atoms with Crippen LogP contribution >= 0.6 is 22.7 Å². The Morgan fingerprint density at radius 1 is 1.35 bits per heavy atom. The highest BCUT2D eigenvalue weighted by molar-refractivity contribution is 7.17. The van der Waals surface area contributed by atoms with Gasteiger partial charge in [0.2, 0.25) is 4.96 Å². The number of nitrogens with zero attached hydrogens (tertiary/aromatic N) is 3. The smallest absolute Gasteiger partial charge is 0.213 e. The van der Waals surface area contributed by atoms with E-state index < -0.39 is 0 Å². The van der Waals surface area contributed by atoms with Crippen molar-refractivity contribution in [2.45, 2.75) is 39.2 Å². The number of imidazole rings is 1. The van der Waals surface area contributed by atoms with E-state index >= 15 is 0 Å². The van der Waals surface area contributed by atoms with Gasteiger partial charge in [0.1, 0.15) is 10.7 Å². The minimum Gasteiger partial charge on any atom is -0.390 e. The van der Waals surface area contributed by atoms with Gasteiger partial charge in [-0.15, -0.1) is 11.3 Å². The Balaban J connectivity index is 2.11. The first kappa shape index (κ1) is 13.7. The third kappa shape index (κ3) is 2.17. The molecule has 0 saturated heterocycles. The highest BCUT2D eigenvalue weighted by atomic mass is 32.1. The first-order valence-electron chi connectivity index (χ1n) is 6.81. The van der Waals surface area contributed by atoms with Crippen LogP contribution in [-0.2, 0) is 6.61 Å². The number of rotatable bonds is 5. The maximum atomic E-state index is 9.67. The van der Waals surface area contributed by atoms with Gasteiger partial charge in [-0.1, -0.05) is 31.3 Å². The van der Waals surface area contributed by atoms with Gasteiger partial charge in [-0.25, -0.2) is 9.50 Å². The van der Waals surface area contributed by atoms with E-state index in [4.69, 9.17) is 0 Å². The lowest BCUT2D eigenvalue weighted by Gasteiger charge is -2.06. The summed E-state index contributed by atoms with van der Waals surface area (Å²) in [6.45, 7) is 4.32. The summed E-state index contributed by atoms with van der Waals surface area (Å²) >= 11 is 3.27. The second kappa shape index (κ2) is 5.63. The van der Waals surface area contributed by atoms with E-state index in [1.807, 2.05) is 22.0 Å². The number of aliphatic hydroxyl groups excluding tert-OH is 1. The topological polar surface area (TPSA) is 50.4 Å². The quantitative estimate of drug-likeness (QED) is 0.777. The maximum Gasteiger partial charge on any atom is 0.213 e. The van der Waals surface area contributed by atoms with Crippen LogP contribution in [0.15, 0.2) is 17.5 Å². The minimum absolute atomic E-state index is 0.0412. The van der Waals surface area contributed by atoms with E-state index in [1.165, 1.54) is 0 Å². The Bertz CT molecular complexity index is 695. The number of hydrogen-bond acceptors (Lipinski definition) is 5. The molecule has 3 rings (SSSR count). The first-order valence-corrected chi connectivity index (χ1v) is 8.51. The number of hydrogen-bond donors (Lipinski definition) is 1. The molecule has 1 N–H and O–H groups in total. The van der Waals surface area contributed by atoms with Crippen LogP contribution in [0.5, 0.6) is 0 Å². The molecule has 20 heavy (non-hydrogen) atoms. The first-order chi connectivity index (χ1) is 9.78. The molecule has 106 valence electrons. The van der Waals surface area contributed by atoms with Crippen LogP contribution in [0.4, 0.5) is 0 Å². The number of thiophene rings is 1. The Morgan fingerprint density at radius 2 is 2.15 bits per heavy atom. The minimum atomic E-state index is -0.0412. The molecule has 3 aromatic heterocycles. The van der Waals surface area contributed by atoms with Crippen molar-refractivity contribution in [3.05, 3.63) is 28.2 Å². The van der Waals surface area contributed by atoms with E-state index in [9.17, 15) is 5.11 Å². The van der Waals surface area contributed by atoms with E-state index in [0.29, 0.717) is 5.92 Å². The maximum absolute atomic E-state index is 9.67. The average molecular weight is 307 g/mol. The normalized spacial score (nSPS) is 11.8. The summed E-state index contributed by atoms with van der Waals surface area (Å²) in [4.78, 5) is 6.62. The molecule has 0 saturated carbocycles. The average Bonchev–Trinajstić information content (AvgIpc) is 3.14. The Hall–Kier alpha value is -1.24. The monoisotopic (exact) mass is 307 g/mol. The van der Waals surface area contributed by atoms with Crippen molar-refractivity contribution in [3.63, 3.8) is 0 Å². The molecule has 0 amide bonds. The molecule has 3 aromatic rings. The van der Waals surface area contributed by atoms with Gasteiger partial charge in [0, 0.05) is 5.92 Å². The Morgan fingerprint density at radius 3 is 2.75 bits per heavy atom. The predicted molar refractivity (Wildman–Crippen MR) is 83.4 cm³/mol. The highest BCUT2D eigenvalue weighted by Crippen LogP contribution is 2.33. The van der Waals surface area contributed by atoms with E-state index in [2.05, 4.69) is 23.9 Å². The van der Waals surface area contributed by atoms with Crippen molar-refractivity contribution in [1.82, 2.24) is 14.6 Å². The van der Waals surface area contributed by atoms with Crippen LogP contribution in [0.25, 0.3) is 15.5 Å². The lowest BCUT2D eigenvalue weighted by Crippen LogP contribution is -1.99. The second-order valence-electron chi connectivity index (χ2n) is 4.69. The summed E-state index contributed by atoms with van der Waals surface area (Å²) in [6.07, 6.45) is 2.17. The fourth-order valence-corrected chi connectivity index (χ4v) is 4.28. The van der Waals surface area contributed by atoms with Gasteiger partial charge in [-0.3, -0.25) is 0 Å². The molecule has 0 aromatic carbocycles. The van der Waals surface area contributed by atoms with Crippen molar-refractivity contribution in [2.24, 2.45) is 0 Å². The third-order valence-corrected chi connectivity index (χ3v) is 5.50. The van der Waals surface area contributed by atoms with Crippen molar-refractivity contribution >= 4 is 27.6 Å². The van der Waals surface area contributed by atoms with Gasteiger partial charge in [0.25, 0.3) is 0 Å². The number of aromatic nitrogens is 3. The Kier molecular flexibility index (Phi) is 3.87. The van der Waals surface area contributed by atoms with Gasteiger partial charge in [0.15, 0.2) is 0 Å². The van der Waals surface area contributed by atoms with E-state index in [1.54, 1.807) is 22.7 Å². The molecule has 0 aliphatic rings. The molecular weight excluding hydrogens is 290 g/mol. The molecule has 0 aliphatic carbocycles. The lowest BCUT2D eigenvalue weighted by molar-refractivity contribution is 0.275. The van der Waals surface area contributed by atoms with Crippen LogP contribution in [0, 0.1) is 0 Å². The summed E-state index contributed by atoms with van der Waals surface area (Å²) in [5, 5.41) is 17.5. The fourth-order valence-electron chi connectivity index (χ4n) is 2.36. The second-order valence-corrected chi connectivity index (χ2v) is 6.63. The summed E-state index contributed by atoms with van der Waals surface area (Å²) in [6, 6.07) is 4.02. The molecule has 4 nitrogen and oxygen atoms in total. The summed E-state index contributed by atoms with van der Waals surface area (Å²) in [5.41, 5.74) is 1.65. The summed E-state index contributed by atoms with van der Waals surface area (Å²) in [7, 11) is 0. The zero-order valence-electron chi connectivity index (χ0n) is 11.5. The van der Waals surface area contributed by atoms with Crippen LogP contribution in [0.3, 0.4) is 0 Å². The molecule has 0 fully saturated rings. The van der Waals surface area contributed by atoms with Crippen molar-refractivity contribution < 1.29 is 5.11 Å². The fraction of sp³-hybridized carbons (Fsp3) is 0.429. The molecule has 0 radical (unpaired) electrons. The summed E-state index contributed by atoms with van der Waals surface area (Å²) in [5.74, 6) is 0.485. The zero-order valence-corrected chi connectivity index (χ0v) is 13.2. The number of fused-ring (bicyclic) bond motifs is 1. The van der Waals surface area contributed by atoms with Gasteiger partial charge >= 0.3 is 0 Å². The van der Waals surface area contributed by atoms with Crippen LogP contribution < -0.4 is 0 Å². The molecule has 6 heteroatoms. The molecule has 0 unspecified atom stereocenters. The molecule has 0 bridgehead atoms. The predicted octanol–water partition coefficient (Wildman–Crippen LogP) is 3.92. The van der Waals surface area contributed by atoms with Crippen molar-refractivity contribution in [1.29, 1.82) is 0 Å². The third-order valence-electron chi connectivity index (χ3n) is 3.55. The largest absolute Gasteiger partial charge is 0.390 e. The van der Waals surface area contributed by atoms with Crippen molar-refractivity contribution in [3.8, 4) is 10.6 Å². The zero-order chi connectivity index (χ0) is 14.1.